The average molecular weight is 578 g/mol. The molecule has 1 atom stereocenters. The molecule has 0 spiro atoms. The number of nitrogens with zero attached hydrogens (tertiary/aromatic N) is 2. The van der Waals surface area contributed by atoms with E-state index < -0.39 is 5.67 Å². The highest BCUT2D eigenvalue weighted by Gasteiger charge is 2.43. The minimum atomic E-state index is -1.07. The predicted octanol–water partition coefficient (Wildman–Crippen LogP) is 10.9. The van der Waals surface area contributed by atoms with Crippen molar-refractivity contribution in [2.45, 2.75) is 91.7 Å². The van der Waals surface area contributed by atoms with E-state index in [1.165, 1.54) is 22.4 Å². The van der Waals surface area contributed by atoms with Gasteiger partial charge in [0, 0.05) is 41.0 Å². The molecule has 0 saturated heterocycles. The van der Waals surface area contributed by atoms with Crippen molar-refractivity contribution in [2.24, 2.45) is 16.8 Å². The van der Waals surface area contributed by atoms with Crippen molar-refractivity contribution >= 4 is 29.0 Å². The van der Waals surface area contributed by atoms with Gasteiger partial charge >= 0.3 is 0 Å². The van der Waals surface area contributed by atoms with E-state index in [1.54, 1.807) is 18.9 Å². The molecule has 1 N–H and O–H groups in total. The van der Waals surface area contributed by atoms with E-state index in [0.717, 1.165) is 74.4 Å². The Kier molecular flexibility index (Phi) is 13.0. The first-order valence-electron chi connectivity index (χ1n) is 15.5. The van der Waals surface area contributed by atoms with Crippen molar-refractivity contribution in [2.75, 3.05) is 28.5 Å². The second-order valence-electron chi connectivity index (χ2n) is 12.1. The zero-order valence-corrected chi connectivity index (χ0v) is 27.0. The highest BCUT2D eigenvalue weighted by Crippen LogP contribution is 2.46. The van der Waals surface area contributed by atoms with Crippen LogP contribution in [0.25, 0.3) is 11.1 Å². The normalized spacial score (nSPS) is 19.4. The van der Waals surface area contributed by atoms with Gasteiger partial charge in [0.25, 0.3) is 0 Å². The molecule has 2 aromatic rings. The first-order valence-corrected chi connectivity index (χ1v) is 16.5. The minimum Gasteiger partial charge on any atom is -0.345 e. The third-order valence-corrected chi connectivity index (χ3v) is 9.16. The summed E-state index contributed by atoms with van der Waals surface area (Å²) < 4.78 is 17.9. The number of rotatable bonds is 18. The Morgan fingerprint density at radius 2 is 1.83 bits per heavy atom. The van der Waals surface area contributed by atoms with Gasteiger partial charge in [-0.2, -0.15) is 0 Å². The molecule has 1 aliphatic rings. The maximum Gasteiger partial charge on any atom is 0.109 e. The third-order valence-electron chi connectivity index (χ3n) is 8.16. The predicted molar refractivity (Wildman–Crippen MR) is 182 cm³/mol. The lowest BCUT2D eigenvalue weighted by atomic mass is 9.71. The number of benzene rings is 2. The molecule has 1 fully saturated rings. The van der Waals surface area contributed by atoms with E-state index in [-0.39, 0.29) is 5.92 Å². The molecule has 0 aliphatic heterocycles. The average Bonchev–Trinajstić information content (AvgIpc) is 2.95. The van der Waals surface area contributed by atoms with Crippen molar-refractivity contribution in [1.82, 2.24) is 0 Å². The number of unbranched alkanes of at least 4 members (excludes halogenated alkanes) is 1. The zero-order valence-electron chi connectivity index (χ0n) is 26.1. The van der Waals surface area contributed by atoms with E-state index in [9.17, 15) is 4.39 Å². The van der Waals surface area contributed by atoms with E-state index in [1.807, 2.05) is 0 Å². The minimum absolute atomic E-state index is 0.197. The molecule has 5 heteroatoms. The van der Waals surface area contributed by atoms with Crippen LogP contribution in [0.1, 0.15) is 86.0 Å². The Balaban J connectivity index is 1.65. The van der Waals surface area contributed by atoms with Gasteiger partial charge in [-0.15, -0.1) is 0 Å². The number of alkyl halides is 1. The SMILES string of the molecule is C=C(CN=C(C)CCC)C(C)CCCCN(C(=C)C1CC(C)(F)C1)c1cccc(-c2ccc(NSCCC)cc2)c1. The van der Waals surface area contributed by atoms with Crippen LogP contribution in [-0.4, -0.2) is 30.2 Å². The molecule has 224 valence electrons. The fourth-order valence-electron chi connectivity index (χ4n) is 5.44. The number of nitrogens with one attached hydrogen (secondary N) is 1. The molecule has 0 aromatic heterocycles. The fourth-order valence-corrected chi connectivity index (χ4v) is 6.05. The molecule has 0 bridgehead atoms. The molecule has 1 saturated carbocycles. The molecule has 3 nitrogen and oxygen atoms in total. The summed E-state index contributed by atoms with van der Waals surface area (Å²) in [6.45, 7) is 20.9. The van der Waals surface area contributed by atoms with Gasteiger partial charge in [0.15, 0.2) is 0 Å². The number of hydrogen-bond acceptors (Lipinski definition) is 4. The molecule has 0 amide bonds. The Bertz CT molecular complexity index is 1150. The number of halogens is 1. The number of anilines is 2. The van der Waals surface area contributed by atoms with Gasteiger partial charge in [-0.3, -0.25) is 4.99 Å². The van der Waals surface area contributed by atoms with Crippen LogP contribution in [-0.2, 0) is 0 Å². The van der Waals surface area contributed by atoms with E-state index in [0.29, 0.717) is 18.8 Å². The van der Waals surface area contributed by atoms with Crippen LogP contribution in [0.3, 0.4) is 0 Å². The smallest absolute Gasteiger partial charge is 0.109 e. The van der Waals surface area contributed by atoms with E-state index in [4.69, 9.17) is 4.99 Å². The molecular formula is C36H52FN3S. The second-order valence-corrected chi connectivity index (χ2v) is 13.0. The van der Waals surface area contributed by atoms with Crippen LogP contribution in [0.4, 0.5) is 15.8 Å². The summed E-state index contributed by atoms with van der Waals surface area (Å²) in [4.78, 5) is 7.06. The molecular weight excluding hydrogens is 525 g/mol. The monoisotopic (exact) mass is 577 g/mol. The van der Waals surface area contributed by atoms with Crippen molar-refractivity contribution < 1.29 is 4.39 Å². The van der Waals surface area contributed by atoms with Crippen LogP contribution < -0.4 is 9.62 Å². The molecule has 3 rings (SSSR count). The van der Waals surface area contributed by atoms with Crippen molar-refractivity contribution in [1.29, 1.82) is 0 Å². The maximum atomic E-state index is 14.4. The van der Waals surface area contributed by atoms with Crippen molar-refractivity contribution in [3.63, 3.8) is 0 Å². The maximum absolute atomic E-state index is 14.4. The summed E-state index contributed by atoms with van der Waals surface area (Å²) in [6, 6.07) is 17.4. The van der Waals surface area contributed by atoms with Gasteiger partial charge in [0.2, 0.25) is 0 Å². The highest BCUT2D eigenvalue weighted by atomic mass is 32.2. The van der Waals surface area contributed by atoms with Gasteiger partial charge in [0.05, 0.1) is 6.54 Å². The summed E-state index contributed by atoms with van der Waals surface area (Å²) >= 11 is 1.74. The van der Waals surface area contributed by atoms with Crippen LogP contribution in [0.2, 0.25) is 0 Å². The molecule has 41 heavy (non-hydrogen) atoms. The summed E-state index contributed by atoms with van der Waals surface area (Å²) in [6.07, 6.45) is 7.72. The highest BCUT2D eigenvalue weighted by molar-refractivity contribution is 8.00. The Morgan fingerprint density at radius 3 is 2.49 bits per heavy atom. The Hall–Kier alpha value is -2.53. The largest absolute Gasteiger partial charge is 0.345 e. The standard InChI is InChI=1S/C36H52FN3S/c1-8-13-29(5)38-26-28(4)27(3)14-10-11-21-40(30(6)33-24-36(7,37)25-33)35-16-12-15-32(23-35)31-17-19-34(20-18-31)39-41-22-9-2/h12,15-20,23,27,33,39H,4,6,8-11,13-14,21-22,24-26H2,1-3,5,7H3. The molecule has 0 heterocycles. The first kappa shape index (κ1) is 33.0. The third kappa shape index (κ3) is 10.4. The van der Waals surface area contributed by atoms with Crippen LogP contribution >= 0.6 is 11.9 Å². The number of allylic oxidation sites excluding steroid dienone is 1. The summed E-state index contributed by atoms with van der Waals surface area (Å²) in [5.41, 5.74) is 7.04. The summed E-state index contributed by atoms with van der Waals surface area (Å²) in [5, 5.41) is 0. The topological polar surface area (TPSA) is 27.6 Å². The number of aliphatic imine (C=N–C) groups is 1. The van der Waals surface area contributed by atoms with E-state index >= 15 is 0 Å². The molecule has 2 aromatic carbocycles. The first-order chi connectivity index (χ1) is 19.6. The summed E-state index contributed by atoms with van der Waals surface area (Å²) in [5.74, 6) is 1.74. The number of hydrogen-bond donors (Lipinski definition) is 1. The quantitative estimate of drug-likeness (QED) is 0.0826. The Morgan fingerprint density at radius 1 is 1.10 bits per heavy atom. The van der Waals surface area contributed by atoms with Gasteiger partial charge in [-0.25, -0.2) is 4.39 Å². The van der Waals surface area contributed by atoms with Gasteiger partial charge in [-0.05, 0) is 93.7 Å². The van der Waals surface area contributed by atoms with Crippen LogP contribution in [0.15, 0.2) is 78.0 Å². The molecule has 0 radical (unpaired) electrons. The van der Waals surface area contributed by atoms with E-state index in [2.05, 4.69) is 99.0 Å². The molecule has 1 aliphatic carbocycles. The van der Waals surface area contributed by atoms with Gasteiger partial charge in [-0.1, -0.05) is 88.6 Å². The van der Waals surface area contributed by atoms with Crippen molar-refractivity contribution in [3.05, 3.63) is 73.0 Å². The lowest BCUT2D eigenvalue weighted by Gasteiger charge is -2.43. The van der Waals surface area contributed by atoms with Gasteiger partial charge in [0.1, 0.15) is 5.67 Å². The molecule has 1 unspecified atom stereocenters. The zero-order chi connectivity index (χ0) is 29.8. The van der Waals surface area contributed by atoms with Crippen LogP contribution in [0.5, 0.6) is 0 Å². The Labute approximate surface area is 253 Å². The second kappa shape index (κ2) is 16.2. The summed E-state index contributed by atoms with van der Waals surface area (Å²) in [7, 11) is 0. The fraction of sp³-hybridized carbons (Fsp3) is 0.528. The lowest BCUT2D eigenvalue weighted by molar-refractivity contribution is 0.0416. The lowest BCUT2D eigenvalue weighted by Crippen LogP contribution is -2.42. The van der Waals surface area contributed by atoms with Crippen LogP contribution in [0, 0.1) is 11.8 Å². The van der Waals surface area contributed by atoms with Gasteiger partial charge < -0.3 is 9.62 Å². The van der Waals surface area contributed by atoms with Crippen molar-refractivity contribution in [3.8, 4) is 11.1 Å².